The van der Waals surface area contributed by atoms with E-state index in [1.807, 2.05) is 6.07 Å². The van der Waals surface area contributed by atoms with Crippen LogP contribution in [0.4, 0.5) is 10.8 Å². The van der Waals surface area contributed by atoms with Crippen LogP contribution in [0.2, 0.25) is 5.15 Å². The molecule has 2 aromatic heterocycles. The molecule has 2 amide bonds. The number of halogens is 1. The summed E-state index contributed by atoms with van der Waals surface area (Å²) >= 11 is 7.44. The molecule has 2 saturated carbocycles. The Kier molecular flexibility index (Phi) is 5.06. The van der Waals surface area contributed by atoms with Gasteiger partial charge in [-0.15, -0.1) is 10.2 Å². The Morgan fingerprint density at radius 3 is 2.77 bits per heavy atom. The Labute approximate surface area is 210 Å². The van der Waals surface area contributed by atoms with E-state index >= 15 is 0 Å². The fourth-order valence-corrected chi connectivity index (χ4v) is 5.24. The van der Waals surface area contributed by atoms with Gasteiger partial charge in [0.05, 0.1) is 18.7 Å². The van der Waals surface area contributed by atoms with Crippen molar-refractivity contribution in [3.63, 3.8) is 0 Å². The number of anilines is 2. The summed E-state index contributed by atoms with van der Waals surface area (Å²) in [7, 11) is 3.28. The highest BCUT2D eigenvalue weighted by Gasteiger charge is 2.58. The van der Waals surface area contributed by atoms with Gasteiger partial charge in [0.2, 0.25) is 11.0 Å². The van der Waals surface area contributed by atoms with Gasteiger partial charge >= 0.3 is 0 Å². The molecule has 176 valence electrons. The summed E-state index contributed by atoms with van der Waals surface area (Å²) in [5.74, 6) is 6.76. The maximum atomic E-state index is 13.5. The zero-order chi connectivity index (χ0) is 24.3. The summed E-state index contributed by atoms with van der Waals surface area (Å²) in [6.45, 7) is 0. The van der Waals surface area contributed by atoms with Crippen molar-refractivity contribution in [2.24, 2.45) is 5.92 Å². The molecule has 1 spiro atoms. The molecule has 2 aliphatic carbocycles. The summed E-state index contributed by atoms with van der Waals surface area (Å²) in [4.78, 5) is 32.3. The fourth-order valence-electron chi connectivity index (χ4n) is 4.48. The van der Waals surface area contributed by atoms with Gasteiger partial charge < -0.3 is 9.64 Å². The lowest BCUT2D eigenvalue weighted by Crippen LogP contribution is -2.28. The number of hydrogen-bond acceptors (Lipinski definition) is 7. The second kappa shape index (κ2) is 8.04. The van der Waals surface area contributed by atoms with Crippen LogP contribution in [0.15, 0.2) is 24.4 Å². The first-order valence-corrected chi connectivity index (χ1v) is 12.4. The third-order valence-corrected chi connectivity index (χ3v) is 7.63. The minimum atomic E-state index is -0.508. The van der Waals surface area contributed by atoms with Crippen molar-refractivity contribution >= 4 is 45.6 Å². The Morgan fingerprint density at radius 1 is 1.26 bits per heavy atom. The molecule has 8 nitrogen and oxygen atoms in total. The molecule has 1 aliphatic heterocycles. The van der Waals surface area contributed by atoms with Gasteiger partial charge in [0.25, 0.3) is 5.91 Å². The van der Waals surface area contributed by atoms with Gasteiger partial charge in [-0.05, 0) is 60.9 Å². The Bertz CT molecular complexity index is 1470. The number of rotatable bonds is 4. The van der Waals surface area contributed by atoms with Crippen molar-refractivity contribution in [2.45, 2.75) is 31.1 Å². The number of nitrogens with zero attached hydrogens (tertiary/aromatic N) is 4. The second-order valence-corrected chi connectivity index (χ2v) is 10.3. The Balaban J connectivity index is 1.43. The molecule has 10 heteroatoms. The number of likely N-dealkylation sites (N-methyl/N-ethyl adjacent to an activating group) is 1. The number of benzene rings is 1. The molecular formula is C25H20ClN5O3S. The van der Waals surface area contributed by atoms with E-state index in [1.165, 1.54) is 24.6 Å². The first kappa shape index (κ1) is 22.0. The zero-order valence-corrected chi connectivity index (χ0v) is 20.6. The average molecular weight is 506 g/mol. The maximum absolute atomic E-state index is 13.5. The molecule has 6 rings (SSSR count). The van der Waals surface area contributed by atoms with Gasteiger partial charge in [-0.3, -0.25) is 14.9 Å². The van der Waals surface area contributed by atoms with Crippen LogP contribution in [-0.4, -0.2) is 41.2 Å². The maximum Gasteiger partial charge on any atom is 0.258 e. The van der Waals surface area contributed by atoms with Gasteiger partial charge in [-0.1, -0.05) is 28.9 Å². The van der Waals surface area contributed by atoms with Crippen LogP contribution in [0, 0.1) is 17.8 Å². The predicted molar refractivity (Wildman–Crippen MR) is 133 cm³/mol. The lowest BCUT2D eigenvalue weighted by Gasteiger charge is -2.17. The van der Waals surface area contributed by atoms with Crippen LogP contribution in [0.1, 0.15) is 46.6 Å². The topological polar surface area (TPSA) is 97.3 Å². The lowest BCUT2D eigenvalue weighted by atomic mass is 9.90. The van der Waals surface area contributed by atoms with Crippen LogP contribution in [0.25, 0.3) is 11.1 Å². The van der Waals surface area contributed by atoms with Gasteiger partial charge in [0, 0.05) is 29.8 Å². The standard InChI is InChI=1S/C25H20ClN5O3S/c1-31-18-10-16(22(32)28-24-30-29-21(35-24)6-5-13-3-4-13)14(9-17(18)25(7-8-25)23(31)33)15-11-20(26)27-12-19(15)34-2/h9-13H,3-4,7-8H2,1-2H3,(H,28,30,32). The number of methoxy groups -OCH3 is 1. The molecule has 0 saturated heterocycles. The third kappa shape index (κ3) is 3.74. The number of fused-ring (bicyclic) bond motifs is 2. The molecule has 35 heavy (non-hydrogen) atoms. The number of pyridine rings is 1. The highest BCUT2D eigenvalue weighted by atomic mass is 35.5. The lowest BCUT2D eigenvalue weighted by molar-refractivity contribution is -0.119. The molecule has 1 aromatic carbocycles. The van der Waals surface area contributed by atoms with E-state index in [4.69, 9.17) is 16.3 Å². The molecule has 0 atom stereocenters. The van der Waals surface area contributed by atoms with Crippen molar-refractivity contribution in [1.29, 1.82) is 0 Å². The SMILES string of the molecule is COc1cnc(Cl)cc1-c1cc2c(cc1C(=O)Nc1nnc(C#CC3CC3)s1)N(C)C(=O)C21CC1. The third-order valence-electron chi connectivity index (χ3n) is 6.67. The quantitative estimate of drug-likeness (QED) is 0.420. The Morgan fingerprint density at radius 2 is 2.06 bits per heavy atom. The molecular weight excluding hydrogens is 486 g/mol. The summed E-state index contributed by atoms with van der Waals surface area (Å²) in [5, 5.41) is 12.2. The molecule has 1 N–H and O–H groups in total. The molecule has 0 bridgehead atoms. The smallest absolute Gasteiger partial charge is 0.258 e. The van der Waals surface area contributed by atoms with Gasteiger partial charge in [-0.2, -0.15) is 0 Å². The highest BCUT2D eigenvalue weighted by Crippen LogP contribution is 2.58. The Hall–Kier alpha value is -3.48. The largest absolute Gasteiger partial charge is 0.494 e. The molecule has 0 radical (unpaired) electrons. The van der Waals surface area contributed by atoms with Gasteiger partial charge in [0.1, 0.15) is 10.9 Å². The molecule has 3 aromatic rings. The van der Waals surface area contributed by atoms with E-state index in [0.29, 0.717) is 38.5 Å². The number of nitrogens with one attached hydrogen (secondary N) is 1. The minimum absolute atomic E-state index is 0.0544. The molecule has 3 heterocycles. The normalized spacial score (nSPS) is 17.1. The first-order chi connectivity index (χ1) is 16.9. The van der Waals surface area contributed by atoms with E-state index < -0.39 is 5.41 Å². The molecule has 3 aliphatic rings. The summed E-state index contributed by atoms with van der Waals surface area (Å²) in [6.07, 6.45) is 5.34. The number of carbonyl (C=O) groups excluding carboxylic acids is 2. The predicted octanol–water partition coefficient (Wildman–Crippen LogP) is 4.28. The zero-order valence-electron chi connectivity index (χ0n) is 19.0. The summed E-state index contributed by atoms with van der Waals surface area (Å²) < 4.78 is 5.53. The monoisotopic (exact) mass is 505 g/mol. The molecule has 0 unspecified atom stereocenters. The highest BCUT2D eigenvalue weighted by molar-refractivity contribution is 7.15. The first-order valence-electron chi connectivity index (χ1n) is 11.2. The number of ether oxygens (including phenoxy) is 1. The van der Waals surface area contributed by atoms with Gasteiger partial charge in [0.15, 0.2) is 5.01 Å². The fraction of sp³-hybridized carbons (Fsp3) is 0.320. The van der Waals surface area contributed by atoms with Crippen LogP contribution in [-0.2, 0) is 10.2 Å². The van der Waals surface area contributed by atoms with Crippen molar-refractivity contribution in [3.05, 3.63) is 45.7 Å². The van der Waals surface area contributed by atoms with Crippen LogP contribution in [0.3, 0.4) is 0 Å². The second-order valence-electron chi connectivity index (χ2n) is 8.98. The van der Waals surface area contributed by atoms with E-state index in [9.17, 15) is 9.59 Å². The summed E-state index contributed by atoms with van der Waals surface area (Å²) in [6, 6.07) is 5.34. The number of amides is 2. The van der Waals surface area contributed by atoms with E-state index in [0.717, 1.165) is 36.9 Å². The van der Waals surface area contributed by atoms with Crippen LogP contribution in [0.5, 0.6) is 5.75 Å². The van der Waals surface area contributed by atoms with E-state index in [-0.39, 0.29) is 17.0 Å². The van der Waals surface area contributed by atoms with Crippen molar-refractivity contribution in [2.75, 3.05) is 24.4 Å². The summed E-state index contributed by atoms with van der Waals surface area (Å²) in [5.41, 5.74) is 2.73. The number of hydrogen-bond donors (Lipinski definition) is 1. The van der Waals surface area contributed by atoms with Crippen LogP contribution >= 0.6 is 22.9 Å². The average Bonchev–Trinajstić information content (AvgIpc) is 3.79. The van der Waals surface area contributed by atoms with Crippen molar-refractivity contribution < 1.29 is 14.3 Å². The van der Waals surface area contributed by atoms with Crippen LogP contribution < -0.4 is 15.0 Å². The van der Waals surface area contributed by atoms with E-state index in [1.54, 1.807) is 24.1 Å². The van der Waals surface area contributed by atoms with E-state index in [2.05, 4.69) is 32.3 Å². The van der Waals surface area contributed by atoms with Crippen molar-refractivity contribution in [1.82, 2.24) is 15.2 Å². The number of carbonyl (C=O) groups is 2. The van der Waals surface area contributed by atoms with Crippen molar-refractivity contribution in [3.8, 4) is 28.7 Å². The molecule has 2 fully saturated rings. The number of aromatic nitrogens is 3. The minimum Gasteiger partial charge on any atom is -0.494 e. The van der Waals surface area contributed by atoms with Gasteiger partial charge in [-0.25, -0.2) is 4.98 Å².